The summed E-state index contributed by atoms with van der Waals surface area (Å²) in [7, 11) is 0. The number of nitrogens with one attached hydrogen (secondary N) is 1. The number of piperazine rings is 1. The van der Waals surface area contributed by atoms with Crippen LogP contribution in [0.3, 0.4) is 0 Å². The number of fused-ring (bicyclic) bond motifs is 1. The maximum absolute atomic E-state index is 12.5. The van der Waals surface area contributed by atoms with Crippen molar-refractivity contribution in [1.82, 2.24) is 24.2 Å². The molecule has 3 aromatic heterocycles. The molecular weight excluding hydrogens is 318 g/mol. The summed E-state index contributed by atoms with van der Waals surface area (Å²) in [5.74, 6) is -0.0364. The maximum atomic E-state index is 12.5. The molecule has 1 saturated heterocycles. The van der Waals surface area contributed by atoms with Crippen molar-refractivity contribution in [2.24, 2.45) is 0 Å². The number of hydrogen-bond donors (Lipinski definition) is 1. The molecule has 7 nitrogen and oxygen atoms in total. The lowest BCUT2D eigenvalue weighted by Crippen LogP contribution is -2.48. The van der Waals surface area contributed by atoms with Gasteiger partial charge in [-0.1, -0.05) is 6.07 Å². The van der Waals surface area contributed by atoms with Crippen molar-refractivity contribution >= 4 is 11.6 Å². The van der Waals surface area contributed by atoms with E-state index in [0.717, 1.165) is 31.0 Å². The van der Waals surface area contributed by atoms with Gasteiger partial charge < -0.3 is 14.3 Å². The predicted octanol–water partition coefficient (Wildman–Crippen LogP) is 0.981. The minimum atomic E-state index is -0.200. The Bertz CT molecular complexity index is 933. The lowest BCUT2D eigenvalue weighted by atomic mass is 10.2. The van der Waals surface area contributed by atoms with Gasteiger partial charge in [-0.2, -0.15) is 0 Å². The highest BCUT2D eigenvalue weighted by Crippen LogP contribution is 2.12. The van der Waals surface area contributed by atoms with Crippen molar-refractivity contribution in [2.75, 3.05) is 26.2 Å². The van der Waals surface area contributed by atoms with Gasteiger partial charge in [-0.05, 0) is 18.2 Å². The van der Waals surface area contributed by atoms with Crippen molar-refractivity contribution < 1.29 is 4.79 Å². The lowest BCUT2D eigenvalue weighted by molar-refractivity contribution is 0.0626. The molecule has 3 aromatic rings. The van der Waals surface area contributed by atoms with Crippen LogP contribution in [0.15, 0.2) is 53.7 Å². The summed E-state index contributed by atoms with van der Waals surface area (Å²) >= 11 is 0. The molecule has 1 amide bonds. The standard InChI is InChI=1S/C18H19N5O2/c24-17-5-4-14(11-20-17)18(25)22-9-7-21(8-10-22)13-15-12-19-16-3-1-2-6-23(15)16/h1-6,11-12H,7-10,13H2,(H,20,24). The van der Waals surface area contributed by atoms with Crippen LogP contribution in [0.1, 0.15) is 16.1 Å². The van der Waals surface area contributed by atoms with Crippen LogP contribution in [-0.4, -0.2) is 56.3 Å². The molecular formula is C18H19N5O2. The number of rotatable bonds is 3. The minimum absolute atomic E-state index is 0.0364. The molecule has 1 fully saturated rings. The molecule has 0 aromatic carbocycles. The Hall–Kier alpha value is -2.93. The van der Waals surface area contributed by atoms with Gasteiger partial charge in [0, 0.05) is 51.2 Å². The zero-order valence-corrected chi connectivity index (χ0v) is 13.8. The lowest BCUT2D eigenvalue weighted by Gasteiger charge is -2.34. The summed E-state index contributed by atoms with van der Waals surface area (Å²) in [4.78, 5) is 34.7. The van der Waals surface area contributed by atoms with E-state index >= 15 is 0 Å². The summed E-state index contributed by atoms with van der Waals surface area (Å²) < 4.78 is 2.10. The molecule has 1 aliphatic rings. The van der Waals surface area contributed by atoms with Crippen LogP contribution in [0.5, 0.6) is 0 Å². The number of imidazole rings is 1. The fourth-order valence-electron chi connectivity index (χ4n) is 3.17. The van der Waals surface area contributed by atoms with Gasteiger partial charge in [0.05, 0.1) is 17.5 Å². The highest BCUT2D eigenvalue weighted by molar-refractivity contribution is 5.93. The molecule has 0 aliphatic carbocycles. The Morgan fingerprint density at radius 2 is 1.96 bits per heavy atom. The van der Waals surface area contributed by atoms with Crippen LogP contribution in [0.2, 0.25) is 0 Å². The summed E-state index contributed by atoms with van der Waals surface area (Å²) in [6.07, 6.45) is 5.41. The number of nitrogens with zero attached hydrogens (tertiary/aromatic N) is 4. The first-order chi connectivity index (χ1) is 12.2. The number of amides is 1. The Balaban J connectivity index is 1.39. The van der Waals surface area contributed by atoms with Crippen LogP contribution >= 0.6 is 0 Å². The van der Waals surface area contributed by atoms with E-state index in [4.69, 9.17) is 0 Å². The third-order valence-corrected chi connectivity index (χ3v) is 4.57. The normalized spacial score (nSPS) is 15.6. The molecule has 7 heteroatoms. The number of aromatic amines is 1. The van der Waals surface area contributed by atoms with Gasteiger partial charge in [0.15, 0.2) is 0 Å². The zero-order chi connectivity index (χ0) is 17.2. The van der Waals surface area contributed by atoms with Gasteiger partial charge in [0.2, 0.25) is 5.56 Å². The number of carbonyl (C=O) groups is 1. The highest BCUT2D eigenvalue weighted by Gasteiger charge is 2.22. The Morgan fingerprint density at radius 1 is 1.12 bits per heavy atom. The first kappa shape index (κ1) is 15.6. The van der Waals surface area contributed by atoms with Crippen LogP contribution in [0.25, 0.3) is 5.65 Å². The highest BCUT2D eigenvalue weighted by atomic mass is 16.2. The molecule has 25 heavy (non-hydrogen) atoms. The average molecular weight is 337 g/mol. The molecule has 0 spiro atoms. The van der Waals surface area contributed by atoms with Crippen molar-refractivity contribution in [3.05, 3.63) is 70.5 Å². The van der Waals surface area contributed by atoms with E-state index in [1.54, 1.807) is 6.07 Å². The second-order valence-electron chi connectivity index (χ2n) is 6.19. The first-order valence-corrected chi connectivity index (χ1v) is 8.32. The number of H-pyrrole nitrogens is 1. The smallest absolute Gasteiger partial charge is 0.255 e. The van der Waals surface area contributed by atoms with Crippen LogP contribution in [-0.2, 0) is 6.54 Å². The summed E-state index contributed by atoms with van der Waals surface area (Å²) in [6.45, 7) is 3.79. The van der Waals surface area contributed by atoms with E-state index in [9.17, 15) is 9.59 Å². The first-order valence-electron chi connectivity index (χ1n) is 8.32. The van der Waals surface area contributed by atoms with E-state index in [1.807, 2.05) is 35.5 Å². The second-order valence-corrected chi connectivity index (χ2v) is 6.19. The van der Waals surface area contributed by atoms with Crippen LogP contribution in [0, 0.1) is 0 Å². The van der Waals surface area contributed by atoms with Gasteiger partial charge in [0.1, 0.15) is 5.65 Å². The third-order valence-electron chi connectivity index (χ3n) is 4.57. The number of hydrogen-bond acceptors (Lipinski definition) is 4. The van der Waals surface area contributed by atoms with Crippen molar-refractivity contribution in [1.29, 1.82) is 0 Å². The molecule has 1 aliphatic heterocycles. The topological polar surface area (TPSA) is 73.7 Å². The number of carbonyl (C=O) groups excluding carboxylic acids is 1. The van der Waals surface area contributed by atoms with Gasteiger partial charge in [-0.25, -0.2) is 4.98 Å². The quantitative estimate of drug-likeness (QED) is 0.773. The number of aromatic nitrogens is 3. The van der Waals surface area contributed by atoms with Gasteiger partial charge in [0.25, 0.3) is 5.91 Å². The summed E-state index contributed by atoms with van der Waals surface area (Å²) in [5.41, 5.74) is 2.42. The molecule has 0 saturated carbocycles. The molecule has 0 atom stereocenters. The summed E-state index contributed by atoms with van der Waals surface area (Å²) in [5, 5.41) is 0. The zero-order valence-electron chi connectivity index (χ0n) is 13.8. The van der Waals surface area contributed by atoms with Gasteiger partial charge in [-0.15, -0.1) is 0 Å². The van der Waals surface area contributed by atoms with Gasteiger partial charge in [-0.3, -0.25) is 14.5 Å². The Labute approximate surface area is 144 Å². The largest absolute Gasteiger partial charge is 0.336 e. The SMILES string of the molecule is O=C(c1ccc(=O)[nH]c1)N1CCN(Cc2cnc3ccccn23)CC1. The average Bonchev–Trinajstić information content (AvgIpc) is 3.06. The predicted molar refractivity (Wildman–Crippen MR) is 93.4 cm³/mol. The van der Waals surface area contributed by atoms with Crippen molar-refractivity contribution in [3.63, 3.8) is 0 Å². The van der Waals surface area contributed by atoms with Gasteiger partial charge >= 0.3 is 0 Å². The molecule has 4 rings (SSSR count). The van der Waals surface area contributed by atoms with Crippen LogP contribution in [0.4, 0.5) is 0 Å². The van der Waals surface area contributed by atoms with E-state index < -0.39 is 0 Å². The van der Waals surface area contributed by atoms with E-state index in [-0.39, 0.29) is 11.5 Å². The molecule has 0 radical (unpaired) electrons. The Morgan fingerprint density at radius 3 is 2.72 bits per heavy atom. The molecule has 128 valence electrons. The van der Waals surface area contributed by atoms with Crippen LogP contribution < -0.4 is 5.56 Å². The number of pyridine rings is 2. The third kappa shape index (κ3) is 3.18. The minimum Gasteiger partial charge on any atom is -0.336 e. The molecule has 0 unspecified atom stereocenters. The Kier molecular flexibility index (Phi) is 4.07. The van der Waals surface area contributed by atoms with E-state index in [0.29, 0.717) is 18.7 Å². The monoisotopic (exact) mass is 337 g/mol. The molecule has 4 heterocycles. The fourth-order valence-corrected chi connectivity index (χ4v) is 3.17. The molecule has 1 N–H and O–H groups in total. The summed E-state index contributed by atoms with van der Waals surface area (Å²) in [6, 6.07) is 8.93. The van der Waals surface area contributed by atoms with E-state index in [2.05, 4.69) is 19.3 Å². The van der Waals surface area contributed by atoms with Crippen molar-refractivity contribution in [2.45, 2.75) is 6.54 Å². The van der Waals surface area contributed by atoms with E-state index in [1.165, 1.54) is 12.3 Å². The second kappa shape index (κ2) is 6.52. The maximum Gasteiger partial charge on any atom is 0.255 e. The molecule has 0 bridgehead atoms. The fraction of sp³-hybridized carbons (Fsp3) is 0.278. The van der Waals surface area contributed by atoms with Crippen molar-refractivity contribution in [3.8, 4) is 0 Å².